The molecule has 0 unspecified atom stereocenters. The minimum absolute atomic E-state index is 0.107. The van der Waals surface area contributed by atoms with Crippen molar-refractivity contribution in [3.05, 3.63) is 59.7 Å². The van der Waals surface area contributed by atoms with Crippen molar-refractivity contribution in [2.75, 3.05) is 6.54 Å². The third kappa shape index (κ3) is 5.00. The van der Waals surface area contributed by atoms with E-state index in [-0.39, 0.29) is 6.54 Å². The second-order valence-electron chi connectivity index (χ2n) is 5.34. The third-order valence-corrected chi connectivity index (χ3v) is 3.57. The highest BCUT2D eigenvalue weighted by molar-refractivity contribution is 5.63. The Labute approximate surface area is 135 Å². The van der Waals surface area contributed by atoms with Crippen LogP contribution in [0.5, 0.6) is 11.5 Å². The molecule has 1 amide bonds. The summed E-state index contributed by atoms with van der Waals surface area (Å²) >= 11 is 0. The van der Waals surface area contributed by atoms with E-state index in [1.807, 2.05) is 55.5 Å². The first kappa shape index (κ1) is 16.8. The van der Waals surface area contributed by atoms with Crippen molar-refractivity contribution in [3.63, 3.8) is 0 Å². The lowest BCUT2D eigenvalue weighted by Crippen LogP contribution is -2.26. The van der Waals surface area contributed by atoms with Gasteiger partial charge in [-0.15, -0.1) is 0 Å². The number of unbranched alkanes of at least 4 members (excludes halogenated alkanes) is 1. The quantitative estimate of drug-likeness (QED) is 0.449. The van der Waals surface area contributed by atoms with Gasteiger partial charge in [-0.25, -0.2) is 4.79 Å². The van der Waals surface area contributed by atoms with E-state index in [4.69, 9.17) is 15.1 Å². The molecule has 122 valence electrons. The highest BCUT2D eigenvalue weighted by atomic mass is 16.6. The monoisotopic (exact) mass is 315 g/mol. The van der Waals surface area contributed by atoms with Crippen molar-refractivity contribution >= 4 is 6.09 Å². The Hall–Kier alpha value is -2.53. The lowest BCUT2D eigenvalue weighted by molar-refractivity contribution is -0.0644. The van der Waals surface area contributed by atoms with Crippen LogP contribution in [-0.2, 0) is 6.42 Å². The summed E-state index contributed by atoms with van der Waals surface area (Å²) in [6.45, 7) is 2.11. The van der Waals surface area contributed by atoms with Crippen LogP contribution in [0.15, 0.2) is 48.5 Å². The Bertz CT molecular complexity index is 657. The number of hydrogen-bond acceptors (Lipinski definition) is 3. The van der Waals surface area contributed by atoms with Gasteiger partial charge in [-0.2, -0.15) is 5.06 Å². The number of para-hydroxylation sites is 2. The molecule has 0 aromatic heterocycles. The maximum atomic E-state index is 10.5. The Kier molecular flexibility index (Phi) is 6.00. The fourth-order valence-corrected chi connectivity index (χ4v) is 2.27. The fraction of sp³-hybridized carbons (Fsp3) is 0.278. The van der Waals surface area contributed by atoms with Gasteiger partial charge >= 0.3 is 6.09 Å². The average molecular weight is 315 g/mol. The summed E-state index contributed by atoms with van der Waals surface area (Å²) < 4.78 is 6.00. The molecule has 0 fully saturated rings. The Morgan fingerprint density at radius 3 is 2.39 bits per heavy atom. The predicted molar refractivity (Wildman–Crippen MR) is 87.2 cm³/mol. The van der Waals surface area contributed by atoms with Crippen molar-refractivity contribution in [2.45, 2.75) is 26.2 Å². The molecule has 0 aliphatic heterocycles. The molecule has 0 saturated heterocycles. The molecular formula is C18H21NO4. The molecule has 0 heterocycles. The van der Waals surface area contributed by atoms with Crippen LogP contribution < -0.4 is 4.74 Å². The van der Waals surface area contributed by atoms with Gasteiger partial charge in [-0.3, -0.25) is 5.21 Å². The molecule has 0 saturated carbocycles. The first-order valence-corrected chi connectivity index (χ1v) is 7.58. The number of aryl methyl sites for hydroxylation is 2. The molecule has 2 aromatic rings. The van der Waals surface area contributed by atoms with Gasteiger partial charge in [-0.1, -0.05) is 36.4 Å². The maximum absolute atomic E-state index is 10.5. The molecule has 0 aliphatic carbocycles. The van der Waals surface area contributed by atoms with Crippen molar-refractivity contribution in [1.82, 2.24) is 5.06 Å². The predicted octanol–water partition coefficient (Wildman–Crippen LogP) is 4.48. The molecule has 0 spiro atoms. The lowest BCUT2D eigenvalue weighted by Gasteiger charge is -2.13. The third-order valence-electron chi connectivity index (χ3n) is 3.57. The molecule has 0 atom stereocenters. The van der Waals surface area contributed by atoms with Gasteiger partial charge in [0.25, 0.3) is 0 Å². The summed E-state index contributed by atoms with van der Waals surface area (Å²) in [5.41, 5.74) is 2.13. The van der Waals surface area contributed by atoms with E-state index in [1.54, 1.807) is 0 Å². The summed E-state index contributed by atoms with van der Waals surface area (Å²) in [6.07, 6.45) is 0.781. The zero-order valence-electron chi connectivity index (χ0n) is 13.1. The number of nitrogens with zero attached hydrogens (tertiary/aromatic N) is 1. The highest BCUT2D eigenvalue weighted by Crippen LogP contribution is 2.28. The van der Waals surface area contributed by atoms with Gasteiger partial charge in [0.2, 0.25) is 0 Å². The van der Waals surface area contributed by atoms with Gasteiger partial charge < -0.3 is 9.84 Å². The van der Waals surface area contributed by atoms with Gasteiger partial charge in [0.05, 0.1) is 6.54 Å². The first-order valence-electron chi connectivity index (χ1n) is 7.58. The van der Waals surface area contributed by atoms with Crippen LogP contribution in [0.1, 0.15) is 24.0 Å². The van der Waals surface area contributed by atoms with Crippen molar-refractivity contribution in [1.29, 1.82) is 0 Å². The molecule has 0 bridgehead atoms. The largest absolute Gasteiger partial charge is 0.463 e. The highest BCUT2D eigenvalue weighted by Gasteiger charge is 2.09. The molecule has 0 radical (unpaired) electrons. The summed E-state index contributed by atoms with van der Waals surface area (Å²) in [7, 11) is 0. The zero-order chi connectivity index (χ0) is 16.7. The van der Waals surface area contributed by atoms with E-state index in [1.165, 1.54) is 0 Å². The van der Waals surface area contributed by atoms with Gasteiger partial charge in [-0.05, 0) is 49.4 Å². The zero-order valence-corrected chi connectivity index (χ0v) is 13.1. The number of carboxylic acid groups (broad SMARTS) is 1. The second kappa shape index (κ2) is 8.19. The number of ether oxygens (including phenoxy) is 1. The topological polar surface area (TPSA) is 70.0 Å². The molecule has 2 N–H and O–H groups in total. The first-order chi connectivity index (χ1) is 11.1. The molecule has 5 nitrogen and oxygen atoms in total. The lowest BCUT2D eigenvalue weighted by atomic mass is 10.1. The van der Waals surface area contributed by atoms with E-state index < -0.39 is 6.09 Å². The summed E-state index contributed by atoms with van der Waals surface area (Å²) in [5, 5.41) is 18.0. The number of benzene rings is 2. The molecule has 2 rings (SSSR count). The van der Waals surface area contributed by atoms with Crippen LogP contribution in [0, 0.1) is 6.92 Å². The maximum Gasteiger partial charge on any atom is 0.431 e. The van der Waals surface area contributed by atoms with Gasteiger partial charge in [0, 0.05) is 0 Å². The van der Waals surface area contributed by atoms with Crippen molar-refractivity contribution in [3.8, 4) is 11.5 Å². The average Bonchev–Trinajstić information content (AvgIpc) is 2.54. The minimum Gasteiger partial charge on any atom is -0.463 e. The number of hydroxylamine groups is 2. The Morgan fingerprint density at radius 2 is 1.70 bits per heavy atom. The van der Waals surface area contributed by atoms with Crippen LogP contribution >= 0.6 is 0 Å². The van der Waals surface area contributed by atoms with E-state index in [2.05, 4.69) is 0 Å². The summed E-state index contributed by atoms with van der Waals surface area (Å²) in [5.74, 6) is 1.63. The van der Waals surface area contributed by atoms with E-state index in [0.717, 1.165) is 35.5 Å². The van der Waals surface area contributed by atoms with Crippen LogP contribution in [0.4, 0.5) is 4.79 Å². The Morgan fingerprint density at radius 1 is 1.04 bits per heavy atom. The van der Waals surface area contributed by atoms with Gasteiger partial charge in [0.1, 0.15) is 11.5 Å². The molecular weight excluding hydrogens is 294 g/mol. The number of hydrogen-bond donors (Lipinski definition) is 2. The number of carbonyl (C=O) groups is 1. The van der Waals surface area contributed by atoms with Crippen LogP contribution in [0.25, 0.3) is 0 Å². The normalized spacial score (nSPS) is 10.3. The van der Waals surface area contributed by atoms with Crippen molar-refractivity contribution in [2.24, 2.45) is 0 Å². The van der Waals surface area contributed by atoms with Crippen molar-refractivity contribution < 1.29 is 19.8 Å². The van der Waals surface area contributed by atoms with E-state index >= 15 is 0 Å². The molecule has 2 aromatic carbocycles. The molecule has 23 heavy (non-hydrogen) atoms. The molecule has 5 heteroatoms. The van der Waals surface area contributed by atoms with Crippen LogP contribution in [0.2, 0.25) is 0 Å². The fourth-order valence-electron chi connectivity index (χ4n) is 2.27. The number of amides is 1. The summed E-state index contributed by atoms with van der Waals surface area (Å²) in [4.78, 5) is 10.5. The van der Waals surface area contributed by atoms with E-state index in [0.29, 0.717) is 11.5 Å². The van der Waals surface area contributed by atoms with Crippen LogP contribution in [0.3, 0.4) is 0 Å². The van der Waals surface area contributed by atoms with E-state index in [9.17, 15) is 4.79 Å². The Balaban J connectivity index is 1.95. The second-order valence-corrected chi connectivity index (χ2v) is 5.34. The molecule has 0 aliphatic rings. The smallest absolute Gasteiger partial charge is 0.431 e. The van der Waals surface area contributed by atoms with Gasteiger partial charge in [0.15, 0.2) is 0 Å². The minimum atomic E-state index is -1.33. The standard InChI is InChI=1S/C18H21NO4/c1-14-8-2-4-11-16(14)23-17-12-5-3-9-15(17)10-6-7-13-19(22)18(20)21/h2-5,8-9,11-12,22H,6-7,10,13H2,1H3,(H,20,21). The SMILES string of the molecule is Cc1ccccc1Oc1ccccc1CCCCN(O)C(=O)O. The number of rotatable bonds is 7. The van der Waals surface area contributed by atoms with Crippen LogP contribution in [-0.4, -0.2) is 28.0 Å². The summed E-state index contributed by atoms with van der Waals surface area (Å²) in [6, 6.07) is 15.7.